The van der Waals surface area contributed by atoms with E-state index in [9.17, 15) is 5.11 Å². The van der Waals surface area contributed by atoms with Crippen LogP contribution in [0.2, 0.25) is 0 Å². The normalized spacial score (nSPS) is 12.0. The molecule has 0 aromatic heterocycles. The van der Waals surface area contributed by atoms with Crippen LogP contribution in [0.1, 0.15) is 17.0 Å². The van der Waals surface area contributed by atoms with Crippen LogP contribution in [0, 0.1) is 0 Å². The van der Waals surface area contributed by atoms with E-state index < -0.39 is 0 Å². The van der Waals surface area contributed by atoms with Crippen molar-refractivity contribution in [3.63, 3.8) is 0 Å². The molecule has 0 aliphatic rings. The van der Waals surface area contributed by atoms with E-state index >= 15 is 0 Å². The Morgan fingerprint density at radius 2 is 1.23 bits per heavy atom. The number of aromatic hydroxyl groups is 1. The first-order valence-electron chi connectivity index (χ1n) is 7.34. The van der Waals surface area contributed by atoms with Gasteiger partial charge in [0.15, 0.2) is 0 Å². The number of thioether (sulfide) groups is 1. The summed E-state index contributed by atoms with van der Waals surface area (Å²) in [5.41, 5.74) is 2.53. The van der Waals surface area contributed by atoms with Crippen LogP contribution in [0.4, 0.5) is 0 Å². The second-order valence-electron chi connectivity index (χ2n) is 5.18. The maximum atomic E-state index is 9.51. The van der Waals surface area contributed by atoms with Crippen LogP contribution >= 0.6 is 11.8 Å². The molecule has 0 radical (unpaired) electrons. The van der Waals surface area contributed by atoms with E-state index in [-0.39, 0.29) is 0 Å². The van der Waals surface area contributed by atoms with Crippen LogP contribution < -0.4 is 0 Å². The third-order valence-electron chi connectivity index (χ3n) is 3.66. The van der Waals surface area contributed by atoms with Crippen molar-refractivity contribution >= 4 is 11.8 Å². The van der Waals surface area contributed by atoms with Gasteiger partial charge in [-0.3, -0.25) is 0 Å². The van der Waals surface area contributed by atoms with Crippen molar-refractivity contribution in [2.45, 2.75) is 10.8 Å². The topological polar surface area (TPSA) is 20.2 Å². The number of phenolic OH excluding ortho intramolecular Hbond substituents is 1. The highest BCUT2D eigenvalue weighted by molar-refractivity contribution is 7.99. The van der Waals surface area contributed by atoms with E-state index in [1.807, 2.05) is 36.0 Å². The van der Waals surface area contributed by atoms with Crippen LogP contribution in [-0.2, 0) is 0 Å². The average Bonchev–Trinajstić information content (AvgIpc) is 2.58. The molecule has 0 fully saturated rings. The van der Waals surface area contributed by atoms with Gasteiger partial charge in [0, 0.05) is 16.6 Å². The lowest BCUT2D eigenvalue weighted by molar-refractivity contribution is 0.475. The van der Waals surface area contributed by atoms with Crippen LogP contribution in [-0.4, -0.2) is 10.9 Å². The first-order chi connectivity index (χ1) is 10.8. The zero-order valence-corrected chi connectivity index (χ0v) is 13.0. The van der Waals surface area contributed by atoms with Gasteiger partial charge >= 0.3 is 0 Å². The second-order valence-corrected chi connectivity index (χ2v) is 6.27. The molecule has 1 N–H and O–H groups in total. The van der Waals surface area contributed by atoms with Gasteiger partial charge in [-0.15, -0.1) is 11.8 Å². The van der Waals surface area contributed by atoms with Gasteiger partial charge in [0.25, 0.3) is 0 Å². The van der Waals surface area contributed by atoms with Gasteiger partial charge in [-0.2, -0.15) is 0 Å². The lowest BCUT2D eigenvalue weighted by atomic mass is 9.93. The summed E-state index contributed by atoms with van der Waals surface area (Å²) in [4.78, 5) is 1.28. The molecule has 110 valence electrons. The van der Waals surface area contributed by atoms with Crippen LogP contribution in [0.25, 0.3) is 0 Å². The molecule has 1 nitrogen and oxygen atoms in total. The molecule has 0 spiro atoms. The largest absolute Gasteiger partial charge is 0.508 e. The van der Waals surface area contributed by atoms with E-state index in [1.54, 1.807) is 12.1 Å². The van der Waals surface area contributed by atoms with Crippen molar-refractivity contribution in [1.82, 2.24) is 0 Å². The number of hydrogen-bond donors (Lipinski definition) is 1. The molecular formula is C20H18OS. The van der Waals surface area contributed by atoms with Crippen molar-refractivity contribution < 1.29 is 5.11 Å². The molecule has 1 atom stereocenters. The molecule has 0 aliphatic carbocycles. The molecule has 3 aromatic rings. The minimum Gasteiger partial charge on any atom is -0.508 e. The quantitative estimate of drug-likeness (QED) is 0.644. The Hall–Kier alpha value is -2.19. The molecule has 0 amide bonds. The monoisotopic (exact) mass is 306 g/mol. The van der Waals surface area contributed by atoms with E-state index in [1.165, 1.54) is 16.0 Å². The van der Waals surface area contributed by atoms with Crippen molar-refractivity contribution in [2.75, 3.05) is 5.75 Å². The van der Waals surface area contributed by atoms with Gasteiger partial charge in [-0.05, 0) is 35.4 Å². The Morgan fingerprint density at radius 1 is 0.682 bits per heavy atom. The fourth-order valence-electron chi connectivity index (χ4n) is 2.47. The van der Waals surface area contributed by atoms with Crippen molar-refractivity contribution in [2.24, 2.45) is 0 Å². The number of phenols is 1. The number of rotatable bonds is 5. The molecule has 0 bridgehead atoms. The van der Waals surface area contributed by atoms with E-state index in [0.717, 1.165) is 5.75 Å². The summed E-state index contributed by atoms with van der Waals surface area (Å²) >= 11 is 1.86. The Morgan fingerprint density at radius 3 is 1.86 bits per heavy atom. The fraction of sp³-hybridized carbons (Fsp3) is 0.100. The van der Waals surface area contributed by atoms with Crippen LogP contribution in [0.5, 0.6) is 5.75 Å². The SMILES string of the molecule is Oc1ccc([C@@H](CSc2ccccc2)c2ccccc2)cc1. The summed E-state index contributed by atoms with van der Waals surface area (Å²) in [6.45, 7) is 0. The Balaban J connectivity index is 1.85. The van der Waals surface area contributed by atoms with Gasteiger partial charge in [-0.1, -0.05) is 60.7 Å². The zero-order chi connectivity index (χ0) is 15.2. The zero-order valence-electron chi connectivity index (χ0n) is 12.2. The maximum Gasteiger partial charge on any atom is 0.115 e. The summed E-state index contributed by atoms with van der Waals surface area (Å²) in [7, 11) is 0. The molecule has 0 saturated heterocycles. The minimum atomic E-state index is 0.311. The third kappa shape index (κ3) is 3.71. The van der Waals surface area contributed by atoms with Gasteiger partial charge < -0.3 is 5.11 Å². The predicted octanol–water partition coefficient (Wildman–Crippen LogP) is 5.32. The maximum absolute atomic E-state index is 9.51. The van der Waals surface area contributed by atoms with Crippen LogP contribution in [0.3, 0.4) is 0 Å². The predicted molar refractivity (Wildman–Crippen MR) is 93.6 cm³/mol. The molecule has 0 heterocycles. The Kier molecular flexibility index (Phi) is 4.81. The smallest absolute Gasteiger partial charge is 0.115 e. The molecule has 2 heteroatoms. The molecule has 22 heavy (non-hydrogen) atoms. The van der Waals surface area contributed by atoms with Gasteiger partial charge in [0.1, 0.15) is 5.75 Å². The summed E-state index contributed by atoms with van der Waals surface area (Å²) in [6, 6.07) is 28.6. The van der Waals surface area contributed by atoms with Gasteiger partial charge in [0.2, 0.25) is 0 Å². The van der Waals surface area contributed by atoms with Crippen molar-refractivity contribution in [1.29, 1.82) is 0 Å². The summed E-state index contributed by atoms with van der Waals surface area (Å²) in [5, 5.41) is 9.51. The van der Waals surface area contributed by atoms with Gasteiger partial charge in [-0.25, -0.2) is 0 Å². The number of hydrogen-bond acceptors (Lipinski definition) is 2. The Bertz CT molecular complexity index is 693. The average molecular weight is 306 g/mol. The van der Waals surface area contributed by atoms with Gasteiger partial charge in [0.05, 0.1) is 0 Å². The molecule has 0 unspecified atom stereocenters. The lowest BCUT2D eigenvalue weighted by Crippen LogP contribution is -2.04. The highest BCUT2D eigenvalue weighted by atomic mass is 32.2. The Labute approximate surface area is 135 Å². The van der Waals surface area contributed by atoms with E-state index in [4.69, 9.17) is 0 Å². The van der Waals surface area contributed by atoms with Crippen molar-refractivity contribution in [3.8, 4) is 5.75 Å². The summed E-state index contributed by atoms with van der Waals surface area (Å²) < 4.78 is 0. The highest BCUT2D eigenvalue weighted by Crippen LogP contribution is 2.32. The van der Waals surface area contributed by atoms with E-state index in [0.29, 0.717) is 11.7 Å². The lowest BCUT2D eigenvalue weighted by Gasteiger charge is -2.18. The number of benzene rings is 3. The molecule has 3 aromatic carbocycles. The summed E-state index contributed by atoms with van der Waals surface area (Å²) in [5.74, 6) is 1.59. The standard InChI is InChI=1S/C20H18OS/c21-18-13-11-17(12-14-18)20(16-7-3-1-4-8-16)15-22-19-9-5-2-6-10-19/h1-14,20-21H,15H2/t20-/m0/s1. The molecular weight excluding hydrogens is 288 g/mol. The molecule has 0 saturated carbocycles. The van der Waals surface area contributed by atoms with E-state index in [2.05, 4.69) is 48.5 Å². The summed E-state index contributed by atoms with van der Waals surface area (Å²) in [6.07, 6.45) is 0. The first kappa shape index (κ1) is 14.7. The highest BCUT2D eigenvalue weighted by Gasteiger charge is 2.14. The van der Waals surface area contributed by atoms with Crippen molar-refractivity contribution in [3.05, 3.63) is 96.1 Å². The molecule has 0 aliphatic heterocycles. The minimum absolute atomic E-state index is 0.311. The fourth-order valence-corrected chi connectivity index (χ4v) is 3.57. The van der Waals surface area contributed by atoms with Crippen LogP contribution in [0.15, 0.2) is 89.8 Å². The molecule has 3 rings (SSSR count). The first-order valence-corrected chi connectivity index (χ1v) is 8.33. The third-order valence-corrected chi connectivity index (χ3v) is 4.76. The second kappa shape index (κ2) is 7.19.